The highest BCUT2D eigenvalue weighted by Crippen LogP contribution is 2.40. The molecule has 1 aromatic rings. The van der Waals surface area contributed by atoms with E-state index in [-0.39, 0.29) is 18.8 Å². The van der Waals surface area contributed by atoms with Crippen molar-refractivity contribution in [1.82, 2.24) is 0 Å². The van der Waals surface area contributed by atoms with Crippen LogP contribution in [0.25, 0.3) is 0 Å². The molecule has 1 aliphatic rings. The van der Waals surface area contributed by atoms with Gasteiger partial charge in [-0.1, -0.05) is 29.8 Å². The lowest BCUT2D eigenvalue weighted by atomic mass is 10.1. The average molecular weight is 243 g/mol. The zero-order valence-corrected chi connectivity index (χ0v) is 10.1. The molecule has 1 fully saturated rings. The van der Waals surface area contributed by atoms with E-state index in [1.54, 1.807) is 6.07 Å². The quantitative estimate of drug-likeness (QED) is 0.866. The largest absolute Gasteiger partial charge is 0.394 e. The summed E-state index contributed by atoms with van der Waals surface area (Å²) in [7, 11) is 0. The number of benzene rings is 1. The van der Waals surface area contributed by atoms with E-state index >= 15 is 0 Å². The van der Waals surface area contributed by atoms with Crippen molar-refractivity contribution in [3.63, 3.8) is 0 Å². The lowest BCUT2D eigenvalue weighted by molar-refractivity contribution is -0.149. The summed E-state index contributed by atoms with van der Waals surface area (Å²) in [6.45, 7) is 3.57. The topological polar surface area (TPSA) is 38.7 Å². The third kappa shape index (κ3) is 2.23. The lowest BCUT2D eigenvalue weighted by Gasteiger charge is -2.17. The Kier molecular flexibility index (Phi) is 3.22. The van der Waals surface area contributed by atoms with Crippen LogP contribution in [-0.4, -0.2) is 23.6 Å². The van der Waals surface area contributed by atoms with Crippen molar-refractivity contribution in [2.45, 2.75) is 31.8 Å². The van der Waals surface area contributed by atoms with Crippen LogP contribution in [0.2, 0.25) is 5.02 Å². The lowest BCUT2D eigenvalue weighted by Crippen LogP contribution is -2.23. The van der Waals surface area contributed by atoms with Crippen molar-refractivity contribution in [1.29, 1.82) is 0 Å². The fourth-order valence-electron chi connectivity index (χ4n) is 1.94. The molecule has 0 aromatic heterocycles. The minimum Gasteiger partial charge on any atom is -0.394 e. The third-order valence-corrected chi connectivity index (χ3v) is 2.92. The summed E-state index contributed by atoms with van der Waals surface area (Å²) >= 11 is 6.10. The molecule has 3 nitrogen and oxygen atoms in total. The van der Waals surface area contributed by atoms with Gasteiger partial charge in [0.1, 0.15) is 12.2 Å². The fourth-order valence-corrected chi connectivity index (χ4v) is 2.18. The molecule has 0 saturated carbocycles. The maximum atomic E-state index is 9.27. The molecule has 1 N–H and O–H groups in total. The zero-order valence-electron chi connectivity index (χ0n) is 9.31. The van der Waals surface area contributed by atoms with Crippen LogP contribution in [0.3, 0.4) is 0 Å². The molecule has 2 unspecified atom stereocenters. The van der Waals surface area contributed by atoms with Gasteiger partial charge in [-0.2, -0.15) is 0 Å². The summed E-state index contributed by atoms with van der Waals surface area (Å²) in [5, 5.41) is 9.90. The van der Waals surface area contributed by atoms with Crippen molar-refractivity contribution < 1.29 is 14.6 Å². The Balaban J connectivity index is 2.30. The maximum Gasteiger partial charge on any atom is 0.164 e. The number of aliphatic hydroxyl groups excluding tert-OH is 1. The first-order valence-electron chi connectivity index (χ1n) is 5.24. The van der Waals surface area contributed by atoms with Gasteiger partial charge in [0.05, 0.1) is 6.61 Å². The normalized spacial score (nSPS) is 28.2. The summed E-state index contributed by atoms with van der Waals surface area (Å²) in [4.78, 5) is 0. The minimum absolute atomic E-state index is 0.0840. The van der Waals surface area contributed by atoms with Gasteiger partial charge in [0.15, 0.2) is 5.79 Å². The van der Waals surface area contributed by atoms with E-state index in [4.69, 9.17) is 21.1 Å². The van der Waals surface area contributed by atoms with E-state index in [1.807, 2.05) is 32.0 Å². The summed E-state index contributed by atoms with van der Waals surface area (Å²) in [5.41, 5.74) is 0.855. The molecular formula is C12H15ClO3. The Morgan fingerprint density at radius 2 is 2.00 bits per heavy atom. The number of rotatable bonds is 2. The fraction of sp³-hybridized carbons (Fsp3) is 0.500. The van der Waals surface area contributed by atoms with Gasteiger partial charge in [-0.25, -0.2) is 0 Å². The monoisotopic (exact) mass is 242 g/mol. The molecule has 4 heteroatoms. The SMILES string of the molecule is CC1(C)OC(CO)C(c2ccccc2Cl)O1. The molecule has 2 rings (SSSR count). The predicted octanol–water partition coefficient (Wildman–Crippen LogP) is 2.52. The second kappa shape index (κ2) is 4.34. The van der Waals surface area contributed by atoms with Crippen LogP contribution in [0.4, 0.5) is 0 Å². The number of aliphatic hydroxyl groups is 1. The van der Waals surface area contributed by atoms with Crippen LogP contribution in [-0.2, 0) is 9.47 Å². The molecule has 0 radical (unpaired) electrons. The van der Waals surface area contributed by atoms with Crippen LogP contribution in [0.1, 0.15) is 25.5 Å². The molecule has 1 saturated heterocycles. The highest BCUT2D eigenvalue weighted by molar-refractivity contribution is 6.31. The average Bonchev–Trinajstić information content (AvgIpc) is 2.54. The van der Waals surface area contributed by atoms with Crippen molar-refractivity contribution in [3.8, 4) is 0 Å². The molecule has 88 valence electrons. The van der Waals surface area contributed by atoms with E-state index in [0.717, 1.165) is 5.56 Å². The maximum absolute atomic E-state index is 9.27. The van der Waals surface area contributed by atoms with E-state index in [2.05, 4.69) is 0 Å². The van der Waals surface area contributed by atoms with Gasteiger partial charge >= 0.3 is 0 Å². The van der Waals surface area contributed by atoms with Gasteiger partial charge in [-0.3, -0.25) is 0 Å². The smallest absolute Gasteiger partial charge is 0.164 e. The standard InChI is InChI=1S/C12H15ClO3/c1-12(2)15-10(7-14)11(16-12)8-5-3-4-6-9(8)13/h3-6,10-11,14H,7H2,1-2H3. The third-order valence-electron chi connectivity index (χ3n) is 2.58. The number of ether oxygens (including phenoxy) is 2. The first kappa shape index (κ1) is 11.9. The van der Waals surface area contributed by atoms with Crippen LogP contribution < -0.4 is 0 Å². The van der Waals surface area contributed by atoms with Gasteiger partial charge < -0.3 is 14.6 Å². The van der Waals surface area contributed by atoms with E-state index < -0.39 is 5.79 Å². The van der Waals surface area contributed by atoms with Crippen LogP contribution in [0.15, 0.2) is 24.3 Å². The molecule has 0 aliphatic carbocycles. The second-order valence-electron chi connectivity index (χ2n) is 4.30. The summed E-state index contributed by atoms with van der Waals surface area (Å²) in [6, 6.07) is 7.45. The van der Waals surface area contributed by atoms with Gasteiger partial charge in [0.25, 0.3) is 0 Å². The molecule has 1 aromatic carbocycles. The van der Waals surface area contributed by atoms with Crippen molar-refractivity contribution in [2.24, 2.45) is 0 Å². The van der Waals surface area contributed by atoms with E-state index in [0.29, 0.717) is 5.02 Å². The Hall–Kier alpha value is -0.610. The van der Waals surface area contributed by atoms with Gasteiger partial charge in [0, 0.05) is 10.6 Å². The molecule has 2 atom stereocenters. The first-order valence-corrected chi connectivity index (χ1v) is 5.62. The van der Waals surface area contributed by atoms with Crippen molar-refractivity contribution in [3.05, 3.63) is 34.9 Å². The number of hydrogen-bond donors (Lipinski definition) is 1. The minimum atomic E-state index is -0.683. The van der Waals surface area contributed by atoms with Crippen molar-refractivity contribution >= 4 is 11.6 Å². The van der Waals surface area contributed by atoms with Gasteiger partial charge in [0.2, 0.25) is 0 Å². The van der Waals surface area contributed by atoms with Crippen LogP contribution in [0, 0.1) is 0 Å². The Labute approximate surface area is 99.9 Å². The number of hydrogen-bond acceptors (Lipinski definition) is 3. The summed E-state index contributed by atoms with van der Waals surface area (Å²) < 4.78 is 11.3. The van der Waals surface area contributed by atoms with Crippen molar-refractivity contribution in [2.75, 3.05) is 6.61 Å². The van der Waals surface area contributed by atoms with Gasteiger partial charge in [-0.15, -0.1) is 0 Å². The summed E-state index contributed by atoms with van der Waals surface area (Å²) in [6.07, 6.45) is -0.677. The van der Waals surface area contributed by atoms with Crippen LogP contribution >= 0.6 is 11.6 Å². The highest BCUT2D eigenvalue weighted by atomic mass is 35.5. The van der Waals surface area contributed by atoms with E-state index in [9.17, 15) is 5.11 Å². The molecule has 0 amide bonds. The Bertz CT molecular complexity index is 378. The molecule has 1 aliphatic heterocycles. The van der Waals surface area contributed by atoms with Gasteiger partial charge in [-0.05, 0) is 19.9 Å². The first-order chi connectivity index (χ1) is 7.53. The highest BCUT2D eigenvalue weighted by Gasteiger charge is 2.42. The van der Waals surface area contributed by atoms with E-state index in [1.165, 1.54) is 0 Å². The molecule has 0 spiro atoms. The van der Waals surface area contributed by atoms with Crippen LogP contribution in [0.5, 0.6) is 0 Å². The molecule has 1 heterocycles. The summed E-state index contributed by atoms with van der Waals surface area (Å²) in [5.74, 6) is -0.683. The predicted molar refractivity (Wildman–Crippen MR) is 61.3 cm³/mol. The molecule has 0 bridgehead atoms. The Morgan fingerprint density at radius 1 is 1.31 bits per heavy atom. The second-order valence-corrected chi connectivity index (χ2v) is 4.71. The molecular weight excluding hydrogens is 228 g/mol. The molecule has 16 heavy (non-hydrogen) atoms. The number of halogens is 1. The zero-order chi connectivity index (χ0) is 11.8. The Morgan fingerprint density at radius 3 is 2.62 bits per heavy atom.